The van der Waals surface area contributed by atoms with Crippen molar-refractivity contribution in [3.63, 3.8) is 0 Å². The van der Waals surface area contributed by atoms with E-state index >= 15 is 0 Å². The normalized spacial score (nSPS) is 12.4. The van der Waals surface area contributed by atoms with Crippen LogP contribution in [0.4, 0.5) is 0 Å². The van der Waals surface area contributed by atoms with Gasteiger partial charge in [0.1, 0.15) is 0 Å². The van der Waals surface area contributed by atoms with Gasteiger partial charge < -0.3 is 0 Å². The van der Waals surface area contributed by atoms with Crippen molar-refractivity contribution in [2.24, 2.45) is 16.1 Å². The van der Waals surface area contributed by atoms with Crippen molar-refractivity contribution in [2.75, 3.05) is 0 Å². The molecule has 0 bridgehead atoms. The third kappa shape index (κ3) is 6.21. The first kappa shape index (κ1) is 21.2. The van der Waals surface area contributed by atoms with E-state index in [2.05, 4.69) is 46.2 Å². The SMILES string of the molecule is CC(C)Cc1cc(C(Cl)=NN=C(Cl)c2cccnc2Cc2ccccc2)ccn1. The van der Waals surface area contributed by atoms with E-state index in [4.69, 9.17) is 23.2 Å². The van der Waals surface area contributed by atoms with Crippen molar-refractivity contribution in [2.45, 2.75) is 26.7 Å². The Morgan fingerprint density at radius 1 is 0.897 bits per heavy atom. The topological polar surface area (TPSA) is 50.5 Å². The van der Waals surface area contributed by atoms with Crippen LogP contribution in [0.15, 0.2) is 77.2 Å². The Morgan fingerprint density at radius 2 is 1.66 bits per heavy atom. The highest BCUT2D eigenvalue weighted by Crippen LogP contribution is 2.16. The summed E-state index contributed by atoms with van der Waals surface area (Å²) >= 11 is 12.8. The monoisotopic (exact) mass is 424 g/mol. The fourth-order valence-corrected chi connectivity index (χ4v) is 3.26. The molecule has 0 fully saturated rings. The number of hydrogen-bond donors (Lipinski definition) is 0. The maximum absolute atomic E-state index is 6.44. The largest absolute Gasteiger partial charge is 0.261 e. The van der Waals surface area contributed by atoms with Crippen LogP contribution in [0.1, 0.15) is 41.9 Å². The van der Waals surface area contributed by atoms with Crippen LogP contribution >= 0.6 is 23.2 Å². The molecular formula is C23H22Cl2N4. The van der Waals surface area contributed by atoms with E-state index in [1.807, 2.05) is 42.5 Å². The van der Waals surface area contributed by atoms with Crippen molar-refractivity contribution in [1.29, 1.82) is 0 Å². The molecule has 0 N–H and O–H groups in total. The van der Waals surface area contributed by atoms with Crippen molar-refractivity contribution in [1.82, 2.24) is 9.97 Å². The highest BCUT2D eigenvalue weighted by Gasteiger charge is 2.10. The zero-order valence-electron chi connectivity index (χ0n) is 16.4. The van der Waals surface area contributed by atoms with Gasteiger partial charge in [0.25, 0.3) is 0 Å². The molecule has 6 heteroatoms. The minimum atomic E-state index is 0.249. The van der Waals surface area contributed by atoms with E-state index in [-0.39, 0.29) is 10.3 Å². The molecule has 0 aliphatic rings. The second-order valence-corrected chi connectivity index (χ2v) is 7.79. The molecular weight excluding hydrogens is 403 g/mol. The number of rotatable bonds is 7. The summed E-state index contributed by atoms with van der Waals surface area (Å²) in [5, 5.41) is 8.78. The number of pyridine rings is 2. The van der Waals surface area contributed by atoms with E-state index in [0.29, 0.717) is 12.3 Å². The van der Waals surface area contributed by atoms with Crippen LogP contribution in [0.2, 0.25) is 0 Å². The van der Waals surface area contributed by atoms with Crippen molar-refractivity contribution in [3.8, 4) is 0 Å². The van der Waals surface area contributed by atoms with Gasteiger partial charge in [-0.25, -0.2) is 0 Å². The van der Waals surface area contributed by atoms with Crippen LogP contribution in [0.25, 0.3) is 0 Å². The lowest BCUT2D eigenvalue weighted by molar-refractivity contribution is 0.635. The van der Waals surface area contributed by atoms with Gasteiger partial charge in [-0.1, -0.05) is 67.4 Å². The van der Waals surface area contributed by atoms with E-state index < -0.39 is 0 Å². The quantitative estimate of drug-likeness (QED) is 0.352. The summed E-state index contributed by atoms with van der Waals surface area (Å²) in [5.41, 5.74) is 4.45. The molecule has 29 heavy (non-hydrogen) atoms. The molecule has 0 amide bonds. The maximum Gasteiger partial charge on any atom is 0.160 e. The molecule has 148 valence electrons. The summed E-state index contributed by atoms with van der Waals surface area (Å²) in [6.07, 6.45) is 5.01. The molecule has 0 aliphatic heterocycles. The fraction of sp³-hybridized carbons (Fsp3) is 0.217. The van der Waals surface area contributed by atoms with Crippen molar-refractivity contribution >= 4 is 33.5 Å². The van der Waals surface area contributed by atoms with E-state index in [1.165, 1.54) is 0 Å². The highest BCUT2D eigenvalue weighted by molar-refractivity contribution is 6.71. The van der Waals surface area contributed by atoms with Gasteiger partial charge in [-0.3, -0.25) is 9.97 Å². The van der Waals surface area contributed by atoms with E-state index in [9.17, 15) is 0 Å². The van der Waals surface area contributed by atoms with Gasteiger partial charge in [0.05, 0.1) is 5.69 Å². The lowest BCUT2D eigenvalue weighted by Gasteiger charge is -2.07. The van der Waals surface area contributed by atoms with Crippen LogP contribution in [-0.4, -0.2) is 20.3 Å². The zero-order valence-corrected chi connectivity index (χ0v) is 17.9. The Bertz CT molecular complexity index is 1010. The van der Waals surface area contributed by atoms with E-state index in [1.54, 1.807) is 12.4 Å². The van der Waals surface area contributed by atoms with Crippen LogP contribution in [-0.2, 0) is 12.8 Å². The summed E-state index contributed by atoms with van der Waals surface area (Å²) in [6.45, 7) is 4.30. The molecule has 0 atom stereocenters. The number of hydrogen-bond acceptors (Lipinski definition) is 4. The first-order valence-electron chi connectivity index (χ1n) is 9.43. The summed E-state index contributed by atoms with van der Waals surface area (Å²) in [7, 11) is 0. The molecule has 2 aromatic heterocycles. The third-order valence-corrected chi connectivity index (χ3v) is 4.80. The minimum absolute atomic E-state index is 0.249. The first-order valence-corrected chi connectivity index (χ1v) is 10.2. The van der Waals surface area contributed by atoms with Gasteiger partial charge in [-0.05, 0) is 42.2 Å². The number of benzene rings is 1. The molecule has 4 nitrogen and oxygen atoms in total. The maximum atomic E-state index is 6.44. The lowest BCUT2D eigenvalue weighted by atomic mass is 10.1. The average molecular weight is 425 g/mol. The Morgan fingerprint density at radius 3 is 2.41 bits per heavy atom. The second kappa shape index (κ2) is 10.3. The van der Waals surface area contributed by atoms with Crippen LogP contribution in [0.3, 0.4) is 0 Å². The minimum Gasteiger partial charge on any atom is -0.261 e. The van der Waals surface area contributed by atoms with Gasteiger partial charge in [-0.2, -0.15) is 0 Å². The molecule has 1 aromatic carbocycles. The van der Waals surface area contributed by atoms with Gasteiger partial charge >= 0.3 is 0 Å². The molecule has 0 saturated carbocycles. The van der Waals surface area contributed by atoms with E-state index in [0.717, 1.165) is 34.5 Å². The van der Waals surface area contributed by atoms with Gasteiger partial charge in [0, 0.05) is 35.6 Å². The van der Waals surface area contributed by atoms with Crippen molar-refractivity contribution in [3.05, 3.63) is 95.1 Å². The Balaban J connectivity index is 1.82. The number of nitrogens with zero attached hydrogens (tertiary/aromatic N) is 4. The smallest absolute Gasteiger partial charge is 0.160 e. The van der Waals surface area contributed by atoms with Gasteiger partial charge in [0.15, 0.2) is 10.3 Å². The zero-order chi connectivity index (χ0) is 20.6. The highest BCUT2D eigenvalue weighted by atomic mass is 35.5. The Labute approximate surface area is 181 Å². The summed E-state index contributed by atoms with van der Waals surface area (Å²) in [4.78, 5) is 8.84. The first-order chi connectivity index (χ1) is 14.0. The predicted molar refractivity (Wildman–Crippen MR) is 121 cm³/mol. The summed E-state index contributed by atoms with van der Waals surface area (Å²) < 4.78 is 0. The molecule has 0 unspecified atom stereocenters. The molecule has 0 spiro atoms. The fourth-order valence-electron chi connectivity index (χ4n) is 2.89. The number of halogens is 2. The summed E-state index contributed by atoms with van der Waals surface area (Å²) in [5.74, 6) is 0.509. The van der Waals surface area contributed by atoms with Crippen LogP contribution in [0, 0.1) is 5.92 Å². The standard InChI is InChI=1S/C23H22Cl2N4/c1-16(2)13-19-15-18(10-12-26-19)22(24)28-29-23(25)20-9-6-11-27-21(20)14-17-7-4-3-5-8-17/h3-12,15-16H,13-14H2,1-2H3. The number of aromatic nitrogens is 2. The molecule has 0 radical (unpaired) electrons. The molecule has 0 aliphatic carbocycles. The van der Waals surface area contributed by atoms with Gasteiger partial charge in [0.2, 0.25) is 0 Å². The van der Waals surface area contributed by atoms with Crippen LogP contribution < -0.4 is 0 Å². The van der Waals surface area contributed by atoms with Crippen molar-refractivity contribution < 1.29 is 0 Å². The summed E-state index contributed by atoms with van der Waals surface area (Å²) in [6, 6.07) is 17.5. The third-order valence-electron chi connectivity index (χ3n) is 4.22. The molecule has 3 aromatic rings. The second-order valence-electron chi connectivity index (χ2n) is 7.08. The molecule has 2 heterocycles. The van der Waals surface area contributed by atoms with Crippen LogP contribution in [0.5, 0.6) is 0 Å². The Kier molecular flexibility index (Phi) is 7.50. The molecule has 3 rings (SSSR count). The molecule has 0 saturated heterocycles. The lowest BCUT2D eigenvalue weighted by Crippen LogP contribution is -2.03. The van der Waals surface area contributed by atoms with Gasteiger partial charge in [-0.15, -0.1) is 10.2 Å². The average Bonchev–Trinajstić information content (AvgIpc) is 2.72. The predicted octanol–water partition coefficient (Wildman–Crippen LogP) is 5.85. The Hall–Kier alpha value is -2.56.